The molecule has 2 heterocycles. The fourth-order valence-electron chi connectivity index (χ4n) is 2.91. The third kappa shape index (κ3) is 4.84. The van der Waals surface area contributed by atoms with Gasteiger partial charge in [0.2, 0.25) is 0 Å². The molecule has 0 amide bonds. The summed E-state index contributed by atoms with van der Waals surface area (Å²) in [7, 11) is 0. The van der Waals surface area contributed by atoms with Crippen LogP contribution < -0.4 is 4.74 Å². The van der Waals surface area contributed by atoms with E-state index in [1.54, 1.807) is 11.8 Å². The Morgan fingerprint density at radius 2 is 1.96 bits per heavy atom. The summed E-state index contributed by atoms with van der Waals surface area (Å²) in [5, 5.41) is 11.6. The van der Waals surface area contributed by atoms with Crippen LogP contribution in [-0.2, 0) is 11.2 Å². The highest BCUT2D eigenvalue weighted by atomic mass is 35.5. The number of benzene rings is 1. The molecular weight excluding hydrogens is 393 g/mol. The number of ether oxygens (including phenoxy) is 2. The highest BCUT2D eigenvalue weighted by molar-refractivity contribution is 7.98. The van der Waals surface area contributed by atoms with E-state index in [-0.39, 0.29) is 6.10 Å². The Kier molecular flexibility index (Phi) is 7.06. The summed E-state index contributed by atoms with van der Waals surface area (Å²) >= 11 is 14.0. The molecule has 1 aliphatic rings. The predicted molar refractivity (Wildman–Crippen MR) is 106 cm³/mol. The summed E-state index contributed by atoms with van der Waals surface area (Å²) < 4.78 is 11.6. The first-order chi connectivity index (χ1) is 12.6. The predicted octanol–water partition coefficient (Wildman–Crippen LogP) is 4.94. The molecule has 0 radical (unpaired) electrons. The molecule has 1 fully saturated rings. The fraction of sp³-hybridized carbons (Fsp3) is 0.421. The molecule has 1 unspecified atom stereocenters. The summed E-state index contributed by atoms with van der Waals surface area (Å²) in [5.41, 5.74) is 1.46. The number of pyridine rings is 1. The quantitative estimate of drug-likeness (QED) is 0.679. The van der Waals surface area contributed by atoms with Crippen molar-refractivity contribution in [3.05, 3.63) is 51.8 Å². The highest BCUT2D eigenvalue weighted by Gasteiger charge is 2.19. The van der Waals surface area contributed by atoms with Crippen LogP contribution in [0.3, 0.4) is 0 Å². The van der Waals surface area contributed by atoms with E-state index < -0.39 is 6.10 Å². The summed E-state index contributed by atoms with van der Waals surface area (Å²) in [5.74, 6) is 0.799. The zero-order valence-electron chi connectivity index (χ0n) is 14.5. The van der Waals surface area contributed by atoms with Crippen molar-refractivity contribution in [2.24, 2.45) is 0 Å². The van der Waals surface area contributed by atoms with Crippen LogP contribution in [0.1, 0.15) is 30.1 Å². The van der Waals surface area contributed by atoms with Crippen molar-refractivity contribution in [3.8, 4) is 5.75 Å². The van der Waals surface area contributed by atoms with Crippen molar-refractivity contribution < 1.29 is 14.6 Å². The van der Waals surface area contributed by atoms with Crippen molar-refractivity contribution >= 4 is 35.0 Å². The smallest absolute Gasteiger partial charge is 0.133 e. The molecule has 1 atom stereocenters. The molecule has 2 aromatic rings. The second-order valence-electron chi connectivity index (χ2n) is 6.14. The minimum Gasteiger partial charge on any atom is -0.489 e. The number of aromatic nitrogens is 1. The van der Waals surface area contributed by atoms with Gasteiger partial charge in [0, 0.05) is 36.6 Å². The largest absolute Gasteiger partial charge is 0.489 e. The minimum absolute atomic E-state index is 0.145. The first-order valence-corrected chi connectivity index (χ1v) is 10.4. The van der Waals surface area contributed by atoms with Crippen LogP contribution in [-0.4, -0.2) is 35.7 Å². The van der Waals surface area contributed by atoms with Crippen LogP contribution in [0.2, 0.25) is 10.0 Å². The van der Waals surface area contributed by atoms with E-state index in [4.69, 9.17) is 32.7 Å². The monoisotopic (exact) mass is 413 g/mol. The maximum absolute atomic E-state index is 10.7. The number of halogens is 2. The van der Waals surface area contributed by atoms with Crippen LogP contribution in [0, 0.1) is 0 Å². The van der Waals surface area contributed by atoms with Crippen molar-refractivity contribution in [2.75, 3.05) is 19.5 Å². The Morgan fingerprint density at radius 3 is 2.62 bits per heavy atom. The number of nitrogens with zero attached hydrogens (tertiary/aromatic N) is 1. The average Bonchev–Trinajstić information content (AvgIpc) is 2.65. The molecule has 1 saturated heterocycles. The first kappa shape index (κ1) is 19.8. The van der Waals surface area contributed by atoms with E-state index in [9.17, 15) is 5.11 Å². The molecule has 0 saturated carbocycles. The third-order valence-corrected chi connectivity index (χ3v) is 5.81. The zero-order valence-corrected chi connectivity index (χ0v) is 16.8. The fourth-order valence-corrected chi connectivity index (χ4v) is 3.94. The number of rotatable bonds is 6. The van der Waals surface area contributed by atoms with Gasteiger partial charge in [-0.2, -0.15) is 0 Å². The van der Waals surface area contributed by atoms with Crippen LogP contribution >= 0.6 is 35.0 Å². The van der Waals surface area contributed by atoms with Crippen molar-refractivity contribution in [1.82, 2.24) is 4.98 Å². The molecule has 1 aliphatic heterocycles. The van der Waals surface area contributed by atoms with Gasteiger partial charge in [0.15, 0.2) is 0 Å². The summed E-state index contributed by atoms with van der Waals surface area (Å²) in [6.07, 6.45) is 6.56. The molecule has 1 aromatic carbocycles. The molecule has 7 heteroatoms. The lowest BCUT2D eigenvalue weighted by Gasteiger charge is -2.25. The van der Waals surface area contributed by atoms with E-state index >= 15 is 0 Å². The lowest BCUT2D eigenvalue weighted by molar-refractivity contribution is 0.0243. The molecule has 4 nitrogen and oxygen atoms in total. The van der Waals surface area contributed by atoms with Crippen molar-refractivity contribution in [3.63, 3.8) is 0 Å². The van der Waals surface area contributed by atoms with Gasteiger partial charge in [0.1, 0.15) is 11.9 Å². The number of aliphatic hydroxyl groups excluding tert-OH is 1. The molecule has 1 aromatic heterocycles. The maximum Gasteiger partial charge on any atom is 0.133 e. The van der Waals surface area contributed by atoms with Gasteiger partial charge in [-0.15, -0.1) is 11.8 Å². The van der Waals surface area contributed by atoms with Gasteiger partial charge in [-0.3, -0.25) is 4.98 Å². The second kappa shape index (κ2) is 9.29. The first-order valence-electron chi connectivity index (χ1n) is 8.46. The molecule has 0 bridgehead atoms. The lowest BCUT2D eigenvalue weighted by atomic mass is 10.0. The third-order valence-electron chi connectivity index (χ3n) is 4.38. The van der Waals surface area contributed by atoms with Gasteiger partial charge in [-0.1, -0.05) is 29.3 Å². The summed E-state index contributed by atoms with van der Waals surface area (Å²) in [6, 6.07) is 5.80. The van der Waals surface area contributed by atoms with Crippen LogP contribution in [0.25, 0.3) is 0 Å². The topological polar surface area (TPSA) is 51.6 Å². The van der Waals surface area contributed by atoms with Crippen LogP contribution in [0.15, 0.2) is 35.5 Å². The van der Waals surface area contributed by atoms with Gasteiger partial charge in [0.05, 0.1) is 29.4 Å². The Bertz CT molecular complexity index is 733. The second-order valence-corrected chi connectivity index (χ2v) is 7.80. The average molecular weight is 414 g/mol. The Hall–Kier alpha value is -0.980. The van der Waals surface area contributed by atoms with E-state index in [2.05, 4.69) is 4.98 Å². The Labute approximate surface area is 167 Å². The van der Waals surface area contributed by atoms with Gasteiger partial charge >= 0.3 is 0 Å². The number of thioether (sulfide) groups is 1. The number of hydrogen-bond donors (Lipinski definition) is 1. The van der Waals surface area contributed by atoms with E-state index in [1.807, 2.05) is 24.5 Å². The molecular formula is C19H21Cl2NO3S. The molecule has 0 aliphatic carbocycles. The van der Waals surface area contributed by atoms with Crippen molar-refractivity contribution in [2.45, 2.75) is 36.4 Å². The van der Waals surface area contributed by atoms with Crippen molar-refractivity contribution in [1.29, 1.82) is 0 Å². The van der Waals surface area contributed by atoms with Crippen LogP contribution in [0.4, 0.5) is 0 Å². The minimum atomic E-state index is -0.736. The summed E-state index contributed by atoms with van der Waals surface area (Å²) in [4.78, 5) is 5.00. The van der Waals surface area contributed by atoms with Crippen LogP contribution in [0.5, 0.6) is 5.75 Å². The summed E-state index contributed by atoms with van der Waals surface area (Å²) in [6.45, 7) is 1.45. The van der Waals surface area contributed by atoms with Gasteiger partial charge in [0.25, 0.3) is 0 Å². The van der Waals surface area contributed by atoms with E-state index in [1.165, 1.54) is 12.4 Å². The Morgan fingerprint density at radius 1 is 1.27 bits per heavy atom. The lowest BCUT2D eigenvalue weighted by Crippen LogP contribution is -2.26. The normalized spacial score (nSPS) is 16.5. The van der Waals surface area contributed by atoms with E-state index in [0.29, 0.717) is 22.0 Å². The highest BCUT2D eigenvalue weighted by Crippen LogP contribution is 2.34. The maximum atomic E-state index is 10.7. The zero-order chi connectivity index (χ0) is 18.5. The standard InChI is InChI=1S/C19H21Cl2NO3S/c1-26-19-3-2-12(8-18(19)25-13-4-6-24-7-5-13)17(23)9-14-15(20)10-22-11-16(14)21/h2-3,8,10-11,13,17,23H,4-7,9H2,1H3. The van der Waals surface area contributed by atoms with Gasteiger partial charge in [-0.05, 0) is 29.5 Å². The molecule has 0 spiro atoms. The molecule has 26 heavy (non-hydrogen) atoms. The molecule has 1 N–H and O–H groups in total. The number of aliphatic hydroxyl groups is 1. The van der Waals surface area contributed by atoms with Gasteiger partial charge < -0.3 is 14.6 Å². The van der Waals surface area contributed by atoms with E-state index in [0.717, 1.165) is 42.3 Å². The Balaban J connectivity index is 1.79. The SMILES string of the molecule is CSc1ccc(C(O)Cc2c(Cl)cncc2Cl)cc1OC1CCOCC1. The van der Waals surface area contributed by atoms with Gasteiger partial charge in [-0.25, -0.2) is 0 Å². The molecule has 140 valence electrons. The molecule has 3 rings (SSSR count). The number of hydrogen-bond acceptors (Lipinski definition) is 5.